The quantitative estimate of drug-likeness (QED) is 0.489. The Bertz CT molecular complexity index is 1270. The standard InChI is InChI=1S/C25H28N8O2/c26-12-17-11-18(17)14-35-25-31-22(20(34)10-15-2-1-3-15)30-24(32-25)33-8-4-16(5-9-33)19-13-29-23-21(19)27-6-7-28-23/h6-7,13,15-18H,1-5,8-11,14H2,(H,28,29)/t17-,18+/m0/s1. The Morgan fingerprint density at radius 1 is 1.14 bits per heavy atom. The Balaban J connectivity index is 1.18. The lowest BCUT2D eigenvalue weighted by molar-refractivity contribution is 0.0924. The van der Waals surface area contributed by atoms with Crippen molar-refractivity contribution in [3.63, 3.8) is 0 Å². The van der Waals surface area contributed by atoms with Gasteiger partial charge in [-0.15, -0.1) is 0 Å². The first-order valence-electron chi connectivity index (χ1n) is 12.5. The zero-order valence-corrected chi connectivity index (χ0v) is 19.6. The van der Waals surface area contributed by atoms with Gasteiger partial charge < -0.3 is 14.6 Å². The molecule has 10 heteroatoms. The Labute approximate surface area is 203 Å². The Kier molecular flexibility index (Phi) is 5.76. The number of hydrogen-bond acceptors (Lipinski definition) is 9. The van der Waals surface area contributed by atoms with E-state index in [0.29, 0.717) is 30.8 Å². The molecular weight excluding hydrogens is 444 g/mol. The van der Waals surface area contributed by atoms with Crippen molar-refractivity contribution in [3.05, 3.63) is 30.0 Å². The lowest BCUT2D eigenvalue weighted by atomic mass is 9.82. The van der Waals surface area contributed by atoms with Crippen LogP contribution in [0.1, 0.15) is 67.0 Å². The van der Waals surface area contributed by atoms with E-state index in [-0.39, 0.29) is 29.5 Å². The highest BCUT2D eigenvalue weighted by atomic mass is 16.5. The number of fused-ring (bicyclic) bond motifs is 1. The number of nitrogens with zero attached hydrogens (tertiary/aromatic N) is 7. The number of piperidine rings is 1. The molecular formula is C25H28N8O2. The molecule has 10 nitrogen and oxygen atoms in total. The molecule has 1 saturated heterocycles. The van der Waals surface area contributed by atoms with Gasteiger partial charge in [0.25, 0.3) is 0 Å². The number of H-pyrrole nitrogens is 1. The van der Waals surface area contributed by atoms with E-state index in [9.17, 15) is 4.79 Å². The first kappa shape index (κ1) is 21.9. The van der Waals surface area contributed by atoms with Crippen LogP contribution in [0.4, 0.5) is 5.95 Å². The number of ether oxygens (including phenoxy) is 1. The van der Waals surface area contributed by atoms with Crippen LogP contribution in [0.5, 0.6) is 6.01 Å². The largest absolute Gasteiger partial charge is 0.463 e. The fraction of sp³-hybridized carbons (Fsp3) is 0.560. The molecule has 0 amide bonds. The first-order valence-corrected chi connectivity index (χ1v) is 12.5. The number of carbonyl (C=O) groups excluding carboxylic acids is 1. The van der Waals surface area contributed by atoms with E-state index in [0.717, 1.165) is 56.4 Å². The number of anilines is 1. The summed E-state index contributed by atoms with van der Waals surface area (Å²) in [7, 11) is 0. The summed E-state index contributed by atoms with van der Waals surface area (Å²) in [6.07, 6.45) is 12.0. The Morgan fingerprint density at radius 3 is 2.71 bits per heavy atom. The highest BCUT2D eigenvalue weighted by Crippen LogP contribution is 2.38. The van der Waals surface area contributed by atoms with Crippen molar-refractivity contribution in [2.75, 3.05) is 24.6 Å². The van der Waals surface area contributed by atoms with E-state index in [2.05, 4.69) is 40.9 Å². The fourth-order valence-electron chi connectivity index (χ4n) is 5.07. The molecule has 4 heterocycles. The van der Waals surface area contributed by atoms with Crippen LogP contribution in [0.3, 0.4) is 0 Å². The van der Waals surface area contributed by atoms with Crippen LogP contribution in [-0.4, -0.2) is 55.4 Å². The second-order valence-electron chi connectivity index (χ2n) is 9.97. The van der Waals surface area contributed by atoms with E-state index < -0.39 is 0 Å². The molecule has 1 aliphatic heterocycles. The normalized spacial score (nSPS) is 22.5. The average Bonchev–Trinajstić information content (AvgIpc) is 3.51. The van der Waals surface area contributed by atoms with E-state index in [4.69, 9.17) is 10.00 Å². The predicted octanol–water partition coefficient (Wildman–Crippen LogP) is 3.44. The highest BCUT2D eigenvalue weighted by molar-refractivity contribution is 5.93. The molecule has 3 aromatic rings. The molecule has 0 radical (unpaired) electrons. The van der Waals surface area contributed by atoms with Crippen molar-refractivity contribution in [2.24, 2.45) is 17.8 Å². The van der Waals surface area contributed by atoms with Crippen molar-refractivity contribution in [3.8, 4) is 12.1 Å². The van der Waals surface area contributed by atoms with Crippen molar-refractivity contribution >= 4 is 22.9 Å². The smallest absolute Gasteiger partial charge is 0.321 e. The zero-order valence-electron chi connectivity index (χ0n) is 19.6. The number of rotatable bonds is 8. The number of carbonyl (C=O) groups is 1. The summed E-state index contributed by atoms with van der Waals surface area (Å²) in [6.45, 7) is 1.91. The molecule has 35 heavy (non-hydrogen) atoms. The third kappa shape index (κ3) is 4.55. The van der Waals surface area contributed by atoms with Crippen molar-refractivity contribution in [2.45, 2.75) is 50.9 Å². The summed E-state index contributed by atoms with van der Waals surface area (Å²) in [5.74, 6) is 1.71. The van der Waals surface area contributed by atoms with Crippen LogP contribution >= 0.6 is 0 Å². The van der Waals surface area contributed by atoms with Crippen molar-refractivity contribution in [1.82, 2.24) is 29.9 Å². The summed E-state index contributed by atoms with van der Waals surface area (Å²) in [5, 5.41) is 9.06. The maximum Gasteiger partial charge on any atom is 0.321 e. The molecule has 0 spiro atoms. The van der Waals surface area contributed by atoms with Gasteiger partial charge in [-0.05, 0) is 43.9 Å². The topological polar surface area (TPSA) is 134 Å². The van der Waals surface area contributed by atoms with Gasteiger partial charge in [-0.1, -0.05) is 6.42 Å². The maximum absolute atomic E-state index is 12.9. The fourth-order valence-corrected chi connectivity index (χ4v) is 5.07. The van der Waals surface area contributed by atoms with Crippen LogP contribution in [0, 0.1) is 29.1 Å². The molecule has 0 bridgehead atoms. The van der Waals surface area contributed by atoms with Crippen LogP contribution in [-0.2, 0) is 0 Å². The number of nitrogens with one attached hydrogen (secondary N) is 1. The van der Waals surface area contributed by atoms with Crippen LogP contribution < -0.4 is 9.64 Å². The molecule has 3 aliphatic rings. The highest BCUT2D eigenvalue weighted by Gasteiger charge is 2.38. The summed E-state index contributed by atoms with van der Waals surface area (Å²) in [4.78, 5) is 40.6. The zero-order chi connectivity index (χ0) is 23.8. The second-order valence-corrected chi connectivity index (χ2v) is 9.97. The van der Waals surface area contributed by atoms with Gasteiger partial charge in [-0.3, -0.25) is 9.78 Å². The molecule has 3 fully saturated rings. The van der Waals surface area contributed by atoms with Gasteiger partial charge in [0.15, 0.2) is 5.65 Å². The maximum atomic E-state index is 12.9. The third-order valence-electron chi connectivity index (χ3n) is 7.62. The number of aromatic amines is 1. The first-order chi connectivity index (χ1) is 17.2. The minimum atomic E-state index is -0.0447. The van der Waals surface area contributed by atoms with Gasteiger partial charge in [0.05, 0.1) is 18.6 Å². The molecule has 0 aromatic carbocycles. The van der Waals surface area contributed by atoms with Gasteiger partial charge in [0.1, 0.15) is 5.52 Å². The SMILES string of the molecule is N#C[C@@H]1C[C@@H]1COc1nc(C(=O)CC2CCC2)nc(N2CCC(c3c[nH]c4nccnc34)CC2)n1. The van der Waals surface area contributed by atoms with Crippen molar-refractivity contribution in [1.29, 1.82) is 5.26 Å². The lowest BCUT2D eigenvalue weighted by Gasteiger charge is -2.32. The molecule has 6 rings (SSSR count). The monoisotopic (exact) mass is 472 g/mol. The minimum Gasteiger partial charge on any atom is -0.463 e. The summed E-state index contributed by atoms with van der Waals surface area (Å²) in [6, 6.07) is 2.46. The van der Waals surface area contributed by atoms with E-state index in [1.54, 1.807) is 12.4 Å². The Morgan fingerprint density at radius 2 is 1.97 bits per heavy atom. The number of aromatic nitrogens is 6. The average molecular weight is 473 g/mol. The molecule has 2 aliphatic carbocycles. The Hall–Kier alpha value is -3.61. The van der Waals surface area contributed by atoms with Gasteiger partial charge in [-0.25, -0.2) is 4.98 Å². The van der Waals surface area contributed by atoms with Crippen molar-refractivity contribution < 1.29 is 9.53 Å². The lowest BCUT2D eigenvalue weighted by Crippen LogP contribution is -2.35. The summed E-state index contributed by atoms with van der Waals surface area (Å²) in [5.41, 5.74) is 2.94. The summed E-state index contributed by atoms with van der Waals surface area (Å²) >= 11 is 0. The van der Waals surface area contributed by atoms with Gasteiger partial charge >= 0.3 is 6.01 Å². The minimum absolute atomic E-state index is 0.0447. The predicted molar refractivity (Wildman–Crippen MR) is 127 cm³/mol. The van der Waals surface area contributed by atoms with Crippen LogP contribution in [0.2, 0.25) is 0 Å². The van der Waals surface area contributed by atoms with Crippen LogP contribution in [0.25, 0.3) is 11.2 Å². The molecule has 180 valence electrons. The van der Waals surface area contributed by atoms with Gasteiger partial charge in [-0.2, -0.15) is 20.2 Å². The van der Waals surface area contributed by atoms with Gasteiger partial charge in [0.2, 0.25) is 17.6 Å². The molecule has 0 unspecified atom stereocenters. The molecule has 2 atom stereocenters. The van der Waals surface area contributed by atoms with Gasteiger partial charge in [0, 0.05) is 49.6 Å². The number of ketones is 1. The van der Waals surface area contributed by atoms with E-state index in [1.807, 2.05) is 6.20 Å². The molecule has 1 N–H and O–H groups in total. The second kappa shape index (κ2) is 9.21. The number of Topliss-reactive ketones (excluding diaryl/α,β-unsaturated/α-hetero) is 1. The molecule has 3 aromatic heterocycles. The third-order valence-corrected chi connectivity index (χ3v) is 7.62. The number of hydrogen-bond donors (Lipinski definition) is 1. The summed E-state index contributed by atoms with van der Waals surface area (Å²) < 4.78 is 5.85. The van der Waals surface area contributed by atoms with E-state index >= 15 is 0 Å². The van der Waals surface area contributed by atoms with E-state index in [1.165, 1.54) is 12.0 Å². The number of nitriles is 1. The molecule has 2 saturated carbocycles. The van der Waals surface area contributed by atoms with Crippen LogP contribution in [0.15, 0.2) is 18.6 Å².